The van der Waals surface area contributed by atoms with Gasteiger partial charge in [-0.3, -0.25) is 10.1 Å². The minimum Gasteiger partial charge on any atom is -0.393 e. The molecule has 4 heteroatoms. The molecule has 1 aromatic rings. The second kappa shape index (κ2) is 6.66. The molecule has 1 aliphatic carbocycles. The summed E-state index contributed by atoms with van der Waals surface area (Å²) in [6, 6.07) is 6.46. The van der Waals surface area contributed by atoms with Gasteiger partial charge in [0, 0.05) is 12.1 Å². The second-order valence-electron chi connectivity index (χ2n) is 5.51. The van der Waals surface area contributed by atoms with Crippen LogP contribution in [0.4, 0.5) is 5.69 Å². The van der Waals surface area contributed by atoms with Gasteiger partial charge in [0.1, 0.15) is 0 Å². The summed E-state index contributed by atoms with van der Waals surface area (Å²) in [7, 11) is 0. The summed E-state index contributed by atoms with van der Waals surface area (Å²) >= 11 is 0. The lowest BCUT2D eigenvalue weighted by Crippen LogP contribution is -2.12. The largest absolute Gasteiger partial charge is 0.393 e. The Labute approximate surface area is 113 Å². The van der Waals surface area contributed by atoms with Gasteiger partial charge in [0.25, 0.3) is 5.69 Å². The lowest BCUT2D eigenvalue weighted by atomic mass is 9.96. The maximum Gasteiger partial charge on any atom is 0.269 e. The van der Waals surface area contributed by atoms with E-state index in [-0.39, 0.29) is 11.8 Å². The Morgan fingerprint density at radius 3 is 2.47 bits per heavy atom. The van der Waals surface area contributed by atoms with Gasteiger partial charge in [-0.25, -0.2) is 0 Å². The van der Waals surface area contributed by atoms with Crippen LogP contribution >= 0.6 is 0 Å². The van der Waals surface area contributed by atoms with Crippen LogP contribution in [0.5, 0.6) is 0 Å². The number of nitro benzene ring substituents is 1. The van der Waals surface area contributed by atoms with Crippen LogP contribution in [0, 0.1) is 16.0 Å². The summed E-state index contributed by atoms with van der Waals surface area (Å²) in [6.45, 7) is 0. The summed E-state index contributed by atoms with van der Waals surface area (Å²) in [4.78, 5) is 10.1. The Kier molecular flexibility index (Phi) is 4.91. The van der Waals surface area contributed by atoms with Gasteiger partial charge in [-0.05, 0) is 30.7 Å². The highest BCUT2D eigenvalue weighted by molar-refractivity contribution is 5.33. The average molecular weight is 263 g/mol. The highest BCUT2D eigenvalue weighted by Crippen LogP contribution is 2.29. The van der Waals surface area contributed by atoms with E-state index in [9.17, 15) is 15.2 Å². The SMILES string of the molecule is O=[N+]([O-])c1ccc(CC(O)CCC2CCCC2)cc1. The molecule has 1 unspecified atom stereocenters. The Balaban J connectivity index is 1.77. The molecule has 2 rings (SSSR count). The molecule has 0 aliphatic heterocycles. The first-order valence-electron chi connectivity index (χ1n) is 7.06. The topological polar surface area (TPSA) is 63.4 Å². The van der Waals surface area contributed by atoms with Crippen LogP contribution in [0.15, 0.2) is 24.3 Å². The van der Waals surface area contributed by atoms with E-state index in [0.717, 1.165) is 24.3 Å². The molecule has 0 heterocycles. The Hall–Kier alpha value is -1.42. The Bertz CT molecular complexity index is 410. The minimum absolute atomic E-state index is 0.101. The van der Waals surface area contributed by atoms with Crippen LogP contribution in [0.1, 0.15) is 44.1 Å². The first kappa shape index (κ1) is 14.0. The quantitative estimate of drug-likeness (QED) is 0.631. The second-order valence-corrected chi connectivity index (χ2v) is 5.51. The molecule has 0 aromatic heterocycles. The van der Waals surface area contributed by atoms with Gasteiger partial charge in [-0.1, -0.05) is 37.8 Å². The van der Waals surface area contributed by atoms with Crippen molar-refractivity contribution in [3.8, 4) is 0 Å². The van der Waals surface area contributed by atoms with E-state index in [1.165, 1.54) is 37.8 Å². The van der Waals surface area contributed by atoms with Crippen LogP contribution in [0.25, 0.3) is 0 Å². The number of non-ortho nitro benzene ring substituents is 1. The van der Waals surface area contributed by atoms with E-state index in [1.807, 2.05) is 0 Å². The number of benzene rings is 1. The zero-order valence-electron chi connectivity index (χ0n) is 11.1. The average Bonchev–Trinajstić information content (AvgIpc) is 2.90. The van der Waals surface area contributed by atoms with Crippen molar-refractivity contribution in [1.29, 1.82) is 0 Å². The molecular formula is C15H21NO3. The molecule has 0 spiro atoms. The Morgan fingerprint density at radius 2 is 1.89 bits per heavy atom. The normalized spacial score (nSPS) is 17.5. The molecule has 4 nitrogen and oxygen atoms in total. The standard InChI is InChI=1S/C15H21NO3/c17-15(10-7-12-3-1-2-4-12)11-13-5-8-14(9-6-13)16(18)19/h5-6,8-9,12,15,17H,1-4,7,10-11H2. The molecule has 0 saturated heterocycles. The molecule has 0 amide bonds. The monoisotopic (exact) mass is 263 g/mol. The third kappa shape index (κ3) is 4.31. The van der Waals surface area contributed by atoms with Crippen molar-refractivity contribution in [2.24, 2.45) is 5.92 Å². The number of aliphatic hydroxyl groups is 1. The third-order valence-corrected chi connectivity index (χ3v) is 4.00. The summed E-state index contributed by atoms with van der Waals surface area (Å²) in [5.74, 6) is 0.798. The van der Waals surface area contributed by atoms with Crippen molar-refractivity contribution >= 4 is 5.69 Å². The summed E-state index contributed by atoms with van der Waals surface area (Å²) in [5.41, 5.74) is 1.06. The summed E-state index contributed by atoms with van der Waals surface area (Å²) in [6.07, 6.45) is 7.49. The van der Waals surface area contributed by atoms with Crippen molar-refractivity contribution in [3.05, 3.63) is 39.9 Å². The van der Waals surface area contributed by atoms with Gasteiger partial charge >= 0.3 is 0 Å². The first-order chi connectivity index (χ1) is 9.15. The molecule has 0 bridgehead atoms. The van der Waals surface area contributed by atoms with E-state index < -0.39 is 4.92 Å². The predicted molar refractivity (Wildman–Crippen MR) is 74.0 cm³/mol. The van der Waals surface area contributed by atoms with E-state index in [2.05, 4.69) is 0 Å². The van der Waals surface area contributed by atoms with E-state index in [4.69, 9.17) is 0 Å². The van der Waals surface area contributed by atoms with E-state index in [1.54, 1.807) is 12.1 Å². The molecule has 0 radical (unpaired) electrons. The number of nitrogens with zero attached hydrogens (tertiary/aromatic N) is 1. The van der Waals surface area contributed by atoms with Crippen LogP contribution in [-0.4, -0.2) is 16.1 Å². The van der Waals surface area contributed by atoms with Gasteiger partial charge in [0.05, 0.1) is 11.0 Å². The molecule has 1 aromatic carbocycles. The zero-order valence-corrected chi connectivity index (χ0v) is 11.1. The molecule has 1 saturated carbocycles. The van der Waals surface area contributed by atoms with Crippen molar-refractivity contribution in [3.63, 3.8) is 0 Å². The van der Waals surface area contributed by atoms with Crippen LogP contribution in [0.3, 0.4) is 0 Å². The minimum atomic E-state index is -0.402. The number of hydrogen-bond acceptors (Lipinski definition) is 3. The van der Waals surface area contributed by atoms with Gasteiger partial charge in [0.15, 0.2) is 0 Å². The molecule has 19 heavy (non-hydrogen) atoms. The van der Waals surface area contributed by atoms with Gasteiger partial charge in [-0.2, -0.15) is 0 Å². The van der Waals surface area contributed by atoms with Crippen molar-refractivity contribution in [2.45, 2.75) is 51.0 Å². The lowest BCUT2D eigenvalue weighted by molar-refractivity contribution is -0.384. The fourth-order valence-corrected chi connectivity index (χ4v) is 2.86. The van der Waals surface area contributed by atoms with E-state index in [0.29, 0.717) is 6.42 Å². The molecule has 1 aliphatic rings. The van der Waals surface area contributed by atoms with Crippen LogP contribution in [0.2, 0.25) is 0 Å². The zero-order chi connectivity index (χ0) is 13.7. The fourth-order valence-electron chi connectivity index (χ4n) is 2.86. The number of aliphatic hydroxyl groups excluding tert-OH is 1. The van der Waals surface area contributed by atoms with Gasteiger partial charge in [0.2, 0.25) is 0 Å². The van der Waals surface area contributed by atoms with Gasteiger partial charge < -0.3 is 5.11 Å². The fraction of sp³-hybridized carbons (Fsp3) is 0.600. The Morgan fingerprint density at radius 1 is 1.26 bits per heavy atom. The predicted octanol–water partition coefficient (Wildman–Crippen LogP) is 3.47. The van der Waals surface area contributed by atoms with Gasteiger partial charge in [-0.15, -0.1) is 0 Å². The van der Waals surface area contributed by atoms with Crippen molar-refractivity contribution in [2.75, 3.05) is 0 Å². The molecule has 1 fully saturated rings. The maximum atomic E-state index is 10.5. The number of rotatable bonds is 6. The smallest absolute Gasteiger partial charge is 0.269 e. The summed E-state index contributed by atoms with van der Waals surface area (Å²) in [5, 5.41) is 20.5. The summed E-state index contributed by atoms with van der Waals surface area (Å²) < 4.78 is 0. The molecular weight excluding hydrogens is 242 g/mol. The highest BCUT2D eigenvalue weighted by Gasteiger charge is 2.16. The number of nitro groups is 1. The first-order valence-corrected chi connectivity index (χ1v) is 7.06. The van der Waals surface area contributed by atoms with Crippen molar-refractivity contribution < 1.29 is 10.0 Å². The van der Waals surface area contributed by atoms with Crippen molar-refractivity contribution in [1.82, 2.24) is 0 Å². The van der Waals surface area contributed by atoms with Crippen LogP contribution < -0.4 is 0 Å². The molecule has 1 N–H and O–H groups in total. The molecule has 1 atom stereocenters. The maximum absolute atomic E-state index is 10.5. The van der Waals surface area contributed by atoms with E-state index >= 15 is 0 Å². The number of hydrogen-bond donors (Lipinski definition) is 1. The van der Waals surface area contributed by atoms with Crippen LogP contribution in [-0.2, 0) is 6.42 Å². The highest BCUT2D eigenvalue weighted by atomic mass is 16.6. The lowest BCUT2D eigenvalue weighted by Gasteiger charge is -2.13. The third-order valence-electron chi connectivity index (χ3n) is 4.00. The molecule has 104 valence electrons.